The highest BCUT2D eigenvalue weighted by Crippen LogP contribution is 2.13. The second kappa shape index (κ2) is 13.0. The van der Waals surface area contributed by atoms with E-state index in [1.54, 1.807) is 24.3 Å². The largest absolute Gasteiger partial charge is 0.484 e. The van der Waals surface area contributed by atoms with Crippen LogP contribution in [-0.2, 0) is 20.7 Å². The second-order valence-corrected chi connectivity index (χ2v) is 6.89. The molecule has 0 atom stereocenters. The Morgan fingerprint density at radius 3 is 2.32 bits per heavy atom. The smallest absolute Gasteiger partial charge is 0.338 e. The Bertz CT molecular complexity index is 888. The maximum absolute atomic E-state index is 11.9. The summed E-state index contributed by atoms with van der Waals surface area (Å²) in [5.41, 5.74) is 6.24. The van der Waals surface area contributed by atoms with Gasteiger partial charge in [0.25, 0.3) is 5.91 Å². The fraction of sp³-hybridized carbons (Fsp3) is 0.273. The van der Waals surface area contributed by atoms with Crippen LogP contribution in [0.3, 0.4) is 0 Å². The monoisotopic (exact) mass is 443 g/mol. The van der Waals surface area contributed by atoms with Crippen LogP contribution < -0.4 is 20.9 Å². The average molecular weight is 444 g/mol. The molecule has 0 heterocycles. The van der Waals surface area contributed by atoms with E-state index in [-0.39, 0.29) is 24.0 Å². The predicted molar refractivity (Wildman–Crippen MR) is 119 cm³/mol. The number of nitrogens with one attached hydrogen (secondary N) is 3. The molecular formula is C22H25N3O5S. The Morgan fingerprint density at radius 1 is 0.935 bits per heavy atom. The Morgan fingerprint density at radius 2 is 1.65 bits per heavy atom. The van der Waals surface area contributed by atoms with Crippen LogP contribution in [0.5, 0.6) is 5.75 Å². The fourth-order valence-corrected chi connectivity index (χ4v) is 2.56. The van der Waals surface area contributed by atoms with Crippen molar-refractivity contribution in [2.45, 2.75) is 26.2 Å². The van der Waals surface area contributed by atoms with Gasteiger partial charge in [0.05, 0.1) is 12.2 Å². The summed E-state index contributed by atoms with van der Waals surface area (Å²) < 4.78 is 10.4. The lowest BCUT2D eigenvalue weighted by atomic mass is 10.1. The molecule has 2 aromatic rings. The van der Waals surface area contributed by atoms with Gasteiger partial charge in [-0.2, -0.15) is 0 Å². The lowest BCUT2D eigenvalue weighted by molar-refractivity contribution is -0.124. The summed E-state index contributed by atoms with van der Waals surface area (Å²) in [5, 5.41) is 2.48. The van der Waals surface area contributed by atoms with Gasteiger partial charge >= 0.3 is 5.97 Å². The zero-order chi connectivity index (χ0) is 22.5. The van der Waals surface area contributed by atoms with Crippen LogP contribution in [0, 0.1) is 0 Å². The van der Waals surface area contributed by atoms with Crippen molar-refractivity contribution in [3.8, 4) is 5.75 Å². The molecule has 8 nitrogen and oxygen atoms in total. The highest BCUT2D eigenvalue weighted by atomic mass is 32.1. The van der Waals surface area contributed by atoms with Crippen LogP contribution in [0.4, 0.5) is 0 Å². The number of amides is 2. The van der Waals surface area contributed by atoms with Crippen molar-refractivity contribution < 1.29 is 23.9 Å². The van der Waals surface area contributed by atoms with Crippen LogP contribution in [0.1, 0.15) is 35.7 Å². The summed E-state index contributed by atoms with van der Waals surface area (Å²) in [6.45, 7) is 1.99. The number of benzene rings is 2. The summed E-state index contributed by atoms with van der Waals surface area (Å²) in [6.07, 6.45) is 1.60. The molecule has 31 heavy (non-hydrogen) atoms. The van der Waals surface area contributed by atoms with E-state index in [0.717, 1.165) is 12.0 Å². The minimum absolute atomic E-state index is 0.0126. The number of carbonyl (C=O) groups is 3. The third kappa shape index (κ3) is 9.26. The number of thiocarbonyl (C=S) groups is 1. The number of hydrogen-bond acceptors (Lipinski definition) is 6. The van der Waals surface area contributed by atoms with Crippen molar-refractivity contribution in [2.75, 3.05) is 13.2 Å². The van der Waals surface area contributed by atoms with Crippen molar-refractivity contribution in [3.05, 3.63) is 65.7 Å². The summed E-state index contributed by atoms with van der Waals surface area (Å²) in [4.78, 5) is 35.5. The molecule has 0 aromatic heterocycles. The minimum atomic E-state index is -0.493. The van der Waals surface area contributed by atoms with Crippen LogP contribution in [0.2, 0.25) is 0 Å². The SMILES string of the molecule is CCCOC(=O)c1ccc(OCC(=O)NNC(=S)NC(=O)CCc2ccccc2)cc1. The molecule has 0 spiro atoms. The number of aryl methyl sites for hydroxylation is 1. The van der Waals surface area contributed by atoms with Gasteiger partial charge in [-0.1, -0.05) is 37.3 Å². The minimum Gasteiger partial charge on any atom is -0.484 e. The van der Waals surface area contributed by atoms with Crippen LogP contribution >= 0.6 is 12.2 Å². The van der Waals surface area contributed by atoms with Gasteiger partial charge in [-0.3, -0.25) is 20.4 Å². The van der Waals surface area contributed by atoms with Gasteiger partial charge in [0.15, 0.2) is 11.7 Å². The van der Waals surface area contributed by atoms with Crippen LogP contribution in [0.15, 0.2) is 54.6 Å². The van der Waals surface area contributed by atoms with E-state index in [1.807, 2.05) is 37.3 Å². The number of hydrazine groups is 1. The lowest BCUT2D eigenvalue weighted by Crippen LogP contribution is -2.49. The molecule has 0 aliphatic rings. The fourth-order valence-electron chi connectivity index (χ4n) is 2.40. The topological polar surface area (TPSA) is 106 Å². The van der Waals surface area contributed by atoms with E-state index in [0.29, 0.717) is 24.3 Å². The number of carbonyl (C=O) groups excluding carboxylic acids is 3. The van der Waals surface area contributed by atoms with Crippen molar-refractivity contribution in [1.82, 2.24) is 16.2 Å². The third-order valence-electron chi connectivity index (χ3n) is 3.95. The molecule has 0 saturated heterocycles. The van der Waals surface area contributed by atoms with Gasteiger partial charge in [0.1, 0.15) is 5.75 Å². The average Bonchev–Trinajstić information content (AvgIpc) is 2.79. The molecule has 0 radical (unpaired) electrons. The summed E-state index contributed by atoms with van der Waals surface area (Å²) in [6, 6.07) is 15.9. The maximum Gasteiger partial charge on any atom is 0.338 e. The Hall–Kier alpha value is -3.46. The normalized spacial score (nSPS) is 9.97. The Balaban J connectivity index is 1.64. The molecular weight excluding hydrogens is 418 g/mol. The van der Waals surface area contributed by atoms with Gasteiger partial charge in [-0.15, -0.1) is 0 Å². The number of ether oxygens (including phenoxy) is 2. The van der Waals surface area contributed by atoms with Gasteiger partial charge in [-0.05, 0) is 54.9 Å². The zero-order valence-corrected chi connectivity index (χ0v) is 18.0. The maximum atomic E-state index is 11.9. The van der Waals surface area contributed by atoms with E-state index in [9.17, 15) is 14.4 Å². The molecule has 2 rings (SSSR count). The van der Waals surface area contributed by atoms with Crippen LogP contribution in [0.25, 0.3) is 0 Å². The van der Waals surface area contributed by atoms with E-state index >= 15 is 0 Å². The second-order valence-electron chi connectivity index (χ2n) is 6.49. The van der Waals surface area contributed by atoms with E-state index in [1.165, 1.54) is 0 Å². The molecule has 2 amide bonds. The highest BCUT2D eigenvalue weighted by molar-refractivity contribution is 7.80. The first kappa shape index (κ1) is 23.8. The number of esters is 1. The summed E-state index contributed by atoms with van der Waals surface area (Å²) >= 11 is 4.98. The first-order chi connectivity index (χ1) is 15.0. The van der Waals surface area contributed by atoms with Gasteiger partial charge < -0.3 is 14.8 Å². The van der Waals surface area contributed by atoms with E-state index < -0.39 is 11.9 Å². The molecule has 2 aromatic carbocycles. The van der Waals surface area contributed by atoms with Gasteiger partial charge in [0.2, 0.25) is 5.91 Å². The van der Waals surface area contributed by atoms with Crippen LogP contribution in [-0.4, -0.2) is 36.1 Å². The quantitative estimate of drug-likeness (QED) is 0.310. The number of hydrogen-bond donors (Lipinski definition) is 3. The Kier molecular flexibility index (Phi) is 9.96. The molecule has 164 valence electrons. The molecule has 0 fully saturated rings. The first-order valence-electron chi connectivity index (χ1n) is 9.80. The standard InChI is InChI=1S/C22H25N3O5S/c1-2-14-29-21(28)17-9-11-18(12-10-17)30-15-20(27)24-25-22(31)23-19(26)13-8-16-6-4-3-5-7-16/h3-7,9-12H,2,8,13-15H2,1H3,(H,24,27)(H2,23,25,26,31). The van der Waals surface area contributed by atoms with Crippen molar-refractivity contribution in [2.24, 2.45) is 0 Å². The highest BCUT2D eigenvalue weighted by Gasteiger charge is 2.09. The molecule has 0 unspecified atom stereocenters. The first-order valence-corrected chi connectivity index (χ1v) is 10.2. The van der Waals surface area contributed by atoms with Gasteiger partial charge in [-0.25, -0.2) is 4.79 Å². The Labute approximate surface area is 186 Å². The van der Waals surface area contributed by atoms with Crippen molar-refractivity contribution >= 4 is 35.1 Å². The van der Waals surface area contributed by atoms with Crippen molar-refractivity contribution in [3.63, 3.8) is 0 Å². The predicted octanol–water partition coefficient (Wildman–Crippen LogP) is 2.29. The van der Waals surface area contributed by atoms with Crippen molar-refractivity contribution in [1.29, 1.82) is 0 Å². The zero-order valence-electron chi connectivity index (χ0n) is 17.2. The summed E-state index contributed by atoms with van der Waals surface area (Å²) in [5.74, 6) is -0.745. The molecule has 0 aliphatic heterocycles. The molecule has 0 bridgehead atoms. The number of rotatable bonds is 9. The van der Waals surface area contributed by atoms with E-state index in [4.69, 9.17) is 21.7 Å². The van der Waals surface area contributed by atoms with E-state index in [2.05, 4.69) is 16.2 Å². The molecule has 0 saturated carbocycles. The lowest BCUT2D eigenvalue weighted by Gasteiger charge is -2.11. The third-order valence-corrected chi connectivity index (χ3v) is 4.15. The molecule has 3 N–H and O–H groups in total. The van der Waals surface area contributed by atoms with Gasteiger partial charge in [0, 0.05) is 6.42 Å². The molecule has 0 aliphatic carbocycles. The molecule has 9 heteroatoms. The summed E-state index contributed by atoms with van der Waals surface area (Å²) in [7, 11) is 0.